The van der Waals surface area contributed by atoms with Crippen LogP contribution in [-0.4, -0.2) is 26.3 Å². The molecule has 0 spiro atoms. The molecule has 0 N–H and O–H groups in total. The number of benzene rings is 2. The summed E-state index contributed by atoms with van der Waals surface area (Å²) in [6.07, 6.45) is 2.92. The van der Waals surface area contributed by atoms with Gasteiger partial charge in [-0.05, 0) is 42.5 Å². The molecule has 7 nitrogen and oxygen atoms in total. The summed E-state index contributed by atoms with van der Waals surface area (Å²) in [6, 6.07) is 17.9. The van der Waals surface area contributed by atoms with Crippen LogP contribution in [0.3, 0.4) is 0 Å². The summed E-state index contributed by atoms with van der Waals surface area (Å²) in [5.74, 6) is 1.14. The van der Waals surface area contributed by atoms with E-state index in [1.54, 1.807) is 11.7 Å². The van der Waals surface area contributed by atoms with E-state index >= 15 is 0 Å². The minimum Gasteiger partial charge on any atom is -0.377 e. The summed E-state index contributed by atoms with van der Waals surface area (Å²) in [4.78, 5) is 18.5. The Balaban J connectivity index is 1.82. The number of aromatic nitrogens is 4. The molecule has 0 radical (unpaired) electrons. The Bertz CT molecular complexity index is 1430. The largest absolute Gasteiger partial charge is 0.377 e. The van der Waals surface area contributed by atoms with Crippen LogP contribution in [0.1, 0.15) is 67.9 Å². The fourth-order valence-electron chi connectivity index (χ4n) is 4.45. The van der Waals surface area contributed by atoms with Crippen molar-refractivity contribution in [1.82, 2.24) is 19.2 Å². The third kappa shape index (κ3) is 4.75. The molecule has 4 aromatic rings. The highest BCUT2D eigenvalue weighted by Crippen LogP contribution is 2.25. The fraction of sp³-hybridized carbons (Fsp3) is 0.357. The fourth-order valence-corrected chi connectivity index (χ4v) is 4.45. The molecule has 1 unspecified atom stereocenters. The van der Waals surface area contributed by atoms with Crippen molar-refractivity contribution in [3.63, 3.8) is 0 Å². The van der Waals surface area contributed by atoms with E-state index in [0.29, 0.717) is 30.2 Å². The van der Waals surface area contributed by atoms with Gasteiger partial charge in [-0.25, -0.2) is 4.52 Å². The molecule has 35 heavy (non-hydrogen) atoms. The van der Waals surface area contributed by atoms with Crippen molar-refractivity contribution in [2.75, 3.05) is 7.11 Å². The molecule has 4 rings (SSSR count). The second-order valence-corrected chi connectivity index (χ2v) is 8.81. The highest BCUT2D eigenvalue weighted by Gasteiger charge is 2.22. The Labute approximate surface area is 205 Å². The van der Waals surface area contributed by atoms with Crippen molar-refractivity contribution < 1.29 is 4.74 Å². The summed E-state index contributed by atoms with van der Waals surface area (Å²) in [6.45, 7) is 6.50. The number of fused-ring (bicyclic) bond motifs is 1. The first kappa shape index (κ1) is 24.4. The molecule has 1 atom stereocenters. The lowest BCUT2D eigenvalue weighted by Crippen LogP contribution is -2.31. The molecule has 2 aromatic heterocycles. The summed E-state index contributed by atoms with van der Waals surface area (Å²) in [5.41, 5.74) is 5.20. The lowest BCUT2D eigenvalue weighted by Gasteiger charge is -2.19. The molecule has 0 saturated heterocycles. The second kappa shape index (κ2) is 10.7. The van der Waals surface area contributed by atoms with Gasteiger partial charge in [0.1, 0.15) is 6.61 Å². The number of nitriles is 1. The second-order valence-electron chi connectivity index (χ2n) is 8.81. The van der Waals surface area contributed by atoms with E-state index in [0.717, 1.165) is 47.2 Å². The Morgan fingerprint density at radius 2 is 1.86 bits per heavy atom. The quantitative estimate of drug-likeness (QED) is 0.341. The van der Waals surface area contributed by atoms with Crippen LogP contribution in [0.5, 0.6) is 0 Å². The minimum absolute atomic E-state index is 0.00873. The van der Waals surface area contributed by atoms with E-state index in [4.69, 9.17) is 9.84 Å². The van der Waals surface area contributed by atoms with Crippen molar-refractivity contribution in [3.8, 4) is 17.2 Å². The molecule has 0 bridgehead atoms. The van der Waals surface area contributed by atoms with Crippen LogP contribution < -0.4 is 5.56 Å². The van der Waals surface area contributed by atoms with Gasteiger partial charge in [-0.1, -0.05) is 62.7 Å². The lowest BCUT2D eigenvalue weighted by molar-refractivity contribution is 0.178. The number of hydrogen-bond acceptors (Lipinski definition) is 5. The molecule has 0 amide bonds. The number of methoxy groups -OCH3 is 1. The summed E-state index contributed by atoms with van der Waals surface area (Å²) in [7, 11) is 1.62. The van der Waals surface area contributed by atoms with E-state index in [2.05, 4.69) is 24.9 Å². The number of hydrogen-bond donors (Lipinski definition) is 0. The van der Waals surface area contributed by atoms with Crippen LogP contribution in [0.15, 0.2) is 53.3 Å². The van der Waals surface area contributed by atoms with Crippen molar-refractivity contribution in [2.24, 2.45) is 0 Å². The Morgan fingerprint density at radius 3 is 2.51 bits per heavy atom. The Hall–Kier alpha value is -3.76. The van der Waals surface area contributed by atoms with Gasteiger partial charge in [0.05, 0.1) is 17.3 Å². The number of nitrogens with zero attached hydrogens (tertiary/aromatic N) is 5. The van der Waals surface area contributed by atoms with Gasteiger partial charge < -0.3 is 4.74 Å². The minimum atomic E-state index is -0.0103. The average molecular weight is 470 g/mol. The zero-order valence-electron chi connectivity index (χ0n) is 20.8. The van der Waals surface area contributed by atoms with Gasteiger partial charge in [-0.15, -0.1) is 5.10 Å². The topological polar surface area (TPSA) is 85.2 Å². The van der Waals surface area contributed by atoms with E-state index in [-0.39, 0.29) is 11.6 Å². The van der Waals surface area contributed by atoms with Gasteiger partial charge in [-0.3, -0.25) is 9.36 Å². The predicted molar refractivity (Wildman–Crippen MR) is 136 cm³/mol. The summed E-state index contributed by atoms with van der Waals surface area (Å²) in [5, 5.41) is 14.2. The van der Waals surface area contributed by atoms with Crippen LogP contribution in [0.25, 0.3) is 16.9 Å². The van der Waals surface area contributed by atoms with Gasteiger partial charge in [0, 0.05) is 25.1 Å². The standard InChI is InChI=1S/C28H31N5O2/c1-5-9-25-24(16-20-12-14-21(15-13-20)23-11-8-7-10-22(23)17-29)27(34)32(19(3)6-2)28-30-26(18-35-4)31-33(25)28/h7-8,10-15,19H,5-6,9,16,18H2,1-4H3. The smallest absolute Gasteiger partial charge is 0.259 e. The maximum absolute atomic E-state index is 13.8. The zero-order chi connectivity index (χ0) is 24.9. The van der Waals surface area contributed by atoms with Crippen molar-refractivity contribution >= 4 is 5.78 Å². The van der Waals surface area contributed by atoms with Crippen molar-refractivity contribution in [1.29, 1.82) is 5.26 Å². The first-order chi connectivity index (χ1) is 17.0. The molecule has 2 aromatic carbocycles. The van der Waals surface area contributed by atoms with Crippen LogP contribution in [0.4, 0.5) is 0 Å². The van der Waals surface area contributed by atoms with Gasteiger partial charge in [0.25, 0.3) is 5.56 Å². The molecular formula is C28H31N5O2. The highest BCUT2D eigenvalue weighted by atomic mass is 16.5. The molecule has 0 aliphatic rings. The maximum atomic E-state index is 13.8. The first-order valence-electron chi connectivity index (χ1n) is 12.1. The van der Waals surface area contributed by atoms with Crippen LogP contribution in [-0.2, 0) is 24.2 Å². The van der Waals surface area contributed by atoms with Crippen LogP contribution in [0, 0.1) is 11.3 Å². The molecule has 0 fully saturated rings. The molecule has 180 valence electrons. The van der Waals surface area contributed by atoms with E-state index in [1.165, 1.54) is 0 Å². The zero-order valence-corrected chi connectivity index (χ0v) is 20.8. The summed E-state index contributed by atoms with van der Waals surface area (Å²) >= 11 is 0. The van der Waals surface area contributed by atoms with Gasteiger partial charge in [-0.2, -0.15) is 10.2 Å². The Kier molecular flexibility index (Phi) is 7.42. The van der Waals surface area contributed by atoms with E-state index in [1.807, 2.05) is 60.0 Å². The van der Waals surface area contributed by atoms with Gasteiger partial charge >= 0.3 is 0 Å². The molecule has 0 saturated carbocycles. The summed E-state index contributed by atoms with van der Waals surface area (Å²) < 4.78 is 8.88. The van der Waals surface area contributed by atoms with E-state index in [9.17, 15) is 10.1 Å². The molecule has 2 heterocycles. The normalized spacial score (nSPS) is 12.1. The van der Waals surface area contributed by atoms with Gasteiger partial charge in [0.15, 0.2) is 5.82 Å². The monoisotopic (exact) mass is 469 g/mol. The molecule has 7 heteroatoms. The SMILES string of the molecule is CCCc1c(Cc2ccc(-c3ccccc3C#N)cc2)c(=O)n(C(C)CC)c2nc(COC)nn12. The lowest BCUT2D eigenvalue weighted by atomic mass is 9.97. The maximum Gasteiger partial charge on any atom is 0.259 e. The molecule has 0 aliphatic heterocycles. The van der Waals surface area contributed by atoms with Crippen molar-refractivity contribution in [2.45, 2.75) is 59.1 Å². The molecular weight excluding hydrogens is 438 g/mol. The third-order valence-electron chi connectivity index (χ3n) is 6.42. The number of ether oxygens (including phenoxy) is 1. The number of aryl methyl sites for hydroxylation is 1. The van der Waals surface area contributed by atoms with Crippen LogP contribution in [0.2, 0.25) is 0 Å². The third-order valence-corrected chi connectivity index (χ3v) is 6.42. The molecule has 0 aliphatic carbocycles. The van der Waals surface area contributed by atoms with Gasteiger partial charge in [0.2, 0.25) is 5.78 Å². The Morgan fingerprint density at radius 1 is 1.11 bits per heavy atom. The van der Waals surface area contributed by atoms with Crippen LogP contribution >= 0.6 is 0 Å². The first-order valence-corrected chi connectivity index (χ1v) is 12.1. The van der Waals surface area contributed by atoms with Crippen molar-refractivity contribution in [3.05, 3.63) is 87.1 Å². The average Bonchev–Trinajstić information content (AvgIpc) is 3.29. The predicted octanol–water partition coefficient (Wildman–Crippen LogP) is 5.09. The number of rotatable bonds is 9. The van der Waals surface area contributed by atoms with E-state index < -0.39 is 0 Å². The highest BCUT2D eigenvalue weighted by molar-refractivity contribution is 5.70.